The fourth-order valence-corrected chi connectivity index (χ4v) is 1.71. The Morgan fingerprint density at radius 3 is 2.93 bits per heavy atom. The molecule has 0 unspecified atom stereocenters. The minimum atomic E-state index is -0.243. The highest BCUT2D eigenvalue weighted by Gasteiger charge is 2.09. The normalized spacial score (nSPS) is 9.80. The van der Waals surface area contributed by atoms with E-state index in [-0.39, 0.29) is 12.4 Å². The third-order valence-electron chi connectivity index (χ3n) is 1.87. The van der Waals surface area contributed by atoms with Crippen LogP contribution >= 0.6 is 15.9 Å². The first-order valence-corrected chi connectivity index (χ1v) is 5.38. The maximum Gasteiger partial charge on any atom is 0.310 e. The van der Waals surface area contributed by atoms with Crippen LogP contribution in [0.3, 0.4) is 0 Å². The lowest BCUT2D eigenvalue weighted by Gasteiger charge is -2.08. The summed E-state index contributed by atoms with van der Waals surface area (Å²) >= 11 is 3.37. The van der Waals surface area contributed by atoms with Crippen LogP contribution in [0, 0.1) is 0 Å². The lowest BCUT2D eigenvalue weighted by molar-refractivity contribution is -0.142. The molecule has 0 bridgehead atoms. The molecule has 0 fully saturated rings. The Bertz CT molecular complexity index is 355. The third kappa shape index (κ3) is 3.21. The first-order valence-electron chi connectivity index (χ1n) is 4.58. The fourth-order valence-electron chi connectivity index (χ4n) is 1.20. The van der Waals surface area contributed by atoms with E-state index in [2.05, 4.69) is 21.4 Å². The Labute approximate surface area is 96.9 Å². The molecule has 4 nitrogen and oxygen atoms in total. The molecule has 0 spiro atoms. The number of nitrogens with two attached hydrogens (primary N) is 1. The molecule has 1 rings (SSSR count). The standard InChI is InChI=1S/C10H13BrN2O2/c1-2-15-9(14)6-7-4-3-5-8(13-12)10(7)11/h3-5,13H,2,6,12H2,1H3. The average Bonchev–Trinajstić information content (AvgIpc) is 2.21. The Hall–Kier alpha value is -1.07. The number of hydrazine groups is 1. The van der Waals surface area contributed by atoms with Gasteiger partial charge in [-0.2, -0.15) is 0 Å². The number of anilines is 1. The van der Waals surface area contributed by atoms with Crippen molar-refractivity contribution in [2.45, 2.75) is 13.3 Å². The molecule has 0 aliphatic rings. The predicted molar refractivity (Wildman–Crippen MR) is 62.3 cm³/mol. The molecule has 0 heterocycles. The summed E-state index contributed by atoms with van der Waals surface area (Å²) in [6, 6.07) is 5.50. The van der Waals surface area contributed by atoms with Gasteiger partial charge in [0.1, 0.15) is 0 Å². The zero-order valence-electron chi connectivity index (χ0n) is 8.42. The quantitative estimate of drug-likeness (QED) is 0.499. The topological polar surface area (TPSA) is 64.3 Å². The smallest absolute Gasteiger partial charge is 0.310 e. The lowest BCUT2D eigenvalue weighted by Crippen LogP contribution is -2.11. The fraction of sp³-hybridized carbons (Fsp3) is 0.300. The van der Waals surface area contributed by atoms with Crippen molar-refractivity contribution in [2.24, 2.45) is 5.84 Å². The van der Waals surface area contributed by atoms with Gasteiger partial charge < -0.3 is 10.2 Å². The van der Waals surface area contributed by atoms with E-state index >= 15 is 0 Å². The SMILES string of the molecule is CCOC(=O)Cc1cccc(NN)c1Br. The van der Waals surface area contributed by atoms with E-state index in [9.17, 15) is 4.79 Å². The van der Waals surface area contributed by atoms with Gasteiger partial charge in [-0.3, -0.25) is 10.6 Å². The molecule has 82 valence electrons. The molecule has 5 heteroatoms. The molecule has 15 heavy (non-hydrogen) atoms. The molecular weight excluding hydrogens is 260 g/mol. The van der Waals surface area contributed by atoms with Crippen molar-refractivity contribution < 1.29 is 9.53 Å². The highest BCUT2D eigenvalue weighted by molar-refractivity contribution is 9.10. The van der Waals surface area contributed by atoms with Crippen molar-refractivity contribution in [1.82, 2.24) is 0 Å². The number of hydrogen-bond acceptors (Lipinski definition) is 4. The van der Waals surface area contributed by atoms with E-state index in [0.717, 1.165) is 15.7 Å². The molecule has 1 aromatic rings. The number of ether oxygens (including phenoxy) is 1. The van der Waals surface area contributed by atoms with Gasteiger partial charge in [-0.25, -0.2) is 0 Å². The summed E-state index contributed by atoms with van der Waals surface area (Å²) in [5.41, 5.74) is 4.14. The molecule has 0 radical (unpaired) electrons. The number of nitrogens with one attached hydrogen (secondary N) is 1. The van der Waals surface area contributed by atoms with Gasteiger partial charge in [0.2, 0.25) is 0 Å². The molecule has 0 saturated carbocycles. The zero-order chi connectivity index (χ0) is 11.3. The van der Waals surface area contributed by atoms with Crippen molar-refractivity contribution in [3.05, 3.63) is 28.2 Å². The highest BCUT2D eigenvalue weighted by atomic mass is 79.9. The van der Waals surface area contributed by atoms with Crippen LogP contribution in [0.15, 0.2) is 22.7 Å². The van der Waals surface area contributed by atoms with Gasteiger partial charge in [-0.1, -0.05) is 12.1 Å². The molecule has 3 N–H and O–H groups in total. The Morgan fingerprint density at radius 2 is 2.33 bits per heavy atom. The number of hydrogen-bond donors (Lipinski definition) is 2. The molecule has 0 aliphatic heterocycles. The highest BCUT2D eigenvalue weighted by Crippen LogP contribution is 2.26. The summed E-state index contributed by atoms with van der Waals surface area (Å²) in [4.78, 5) is 11.3. The van der Waals surface area contributed by atoms with Crippen molar-refractivity contribution in [2.75, 3.05) is 12.0 Å². The van der Waals surface area contributed by atoms with Gasteiger partial charge in [0.05, 0.1) is 18.7 Å². The zero-order valence-corrected chi connectivity index (χ0v) is 10.0. The Balaban J connectivity index is 2.81. The summed E-state index contributed by atoms with van der Waals surface area (Å²) in [5, 5.41) is 0. The van der Waals surface area contributed by atoms with E-state index < -0.39 is 0 Å². The number of carbonyl (C=O) groups is 1. The number of benzene rings is 1. The first kappa shape index (κ1) is 12.0. The van der Waals surface area contributed by atoms with Gasteiger partial charge in [0.25, 0.3) is 0 Å². The minimum Gasteiger partial charge on any atom is -0.466 e. The summed E-state index contributed by atoms with van der Waals surface area (Å²) in [7, 11) is 0. The molecular formula is C10H13BrN2O2. The van der Waals surface area contributed by atoms with Crippen LogP contribution in [0.2, 0.25) is 0 Å². The number of halogens is 1. The van der Waals surface area contributed by atoms with Crippen LogP contribution in [-0.2, 0) is 16.0 Å². The summed E-state index contributed by atoms with van der Waals surface area (Å²) in [6.07, 6.45) is 0.240. The van der Waals surface area contributed by atoms with E-state index in [4.69, 9.17) is 10.6 Å². The van der Waals surface area contributed by atoms with Crippen LogP contribution in [0.4, 0.5) is 5.69 Å². The van der Waals surface area contributed by atoms with Crippen LogP contribution < -0.4 is 11.3 Å². The van der Waals surface area contributed by atoms with Gasteiger partial charge in [-0.05, 0) is 34.5 Å². The van der Waals surface area contributed by atoms with Gasteiger partial charge in [0, 0.05) is 4.47 Å². The van der Waals surface area contributed by atoms with E-state index in [1.165, 1.54) is 0 Å². The second kappa shape index (κ2) is 5.72. The second-order valence-corrected chi connectivity index (χ2v) is 3.70. The van der Waals surface area contributed by atoms with Crippen LogP contribution in [0.25, 0.3) is 0 Å². The van der Waals surface area contributed by atoms with Crippen LogP contribution in [-0.4, -0.2) is 12.6 Å². The van der Waals surface area contributed by atoms with Crippen LogP contribution in [0.5, 0.6) is 0 Å². The number of esters is 1. The minimum absolute atomic E-state index is 0.240. The van der Waals surface area contributed by atoms with E-state index in [0.29, 0.717) is 6.61 Å². The maximum atomic E-state index is 11.3. The van der Waals surface area contributed by atoms with Crippen molar-refractivity contribution in [1.29, 1.82) is 0 Å². The van der Waals surface area contributed by atoms with Crippen molar-refractivity contribution in [3.63, 3.8) is 0 Å². The van der Waals surface area contributed by atoms with Gasteiger partial charge in [-0.15, -0.1) is 0 Å². The van der Waals surface area contributed by atoms with Crippen molar-refractivity contribution >= 4 is 27.6 Å². The summed E-state index contributed by atoms with van der Waals surface area (Å²) in [6.45, 7) is 2.18. The monoisotopic (exact) mass is 272 g/mol. The van der Waals surface area contributed by atoms with Gasteiger partial charge in [0.15, 0.2) is 0 Å². The molecule has 1 aromatic carbocycles. The molecule has 0 atom stereocenters. The molecule has 0 aromatic heterocycles. The average molecular weight is 273 g/mol. The number of rotatable bonds is 4. The van der Waals surface area contributed by atoms with Crippen molar-refractivity contribution in [3.8, 4) is 0 Å². The summed E-state index contributed by atoms with van der Waals surface area (Å²) in [5.74, 6) is 5.07. The largest absolute Gasteiger partial charge is 0.466 e. The number of nitrogen functional groups attached to an aromatic ring is 1. The predicted octanol–water partition coefficient (Wildman–Crippen LogP) is 1.84. The Morgan fingerprint density at radius 1 is 1.60 bits per heavy atom. The molecule has 0 aliphatic carbocycles. The Kier molecular flexibility index (Phi) is 4.58. The van der Waals surface area contributed by atoms with E-state index in [1.807, 2.05) is 18.2 Å². The molecule has 0 saturated heterocycles. The van der Waals surface area contributed by atoms with Crippen LogP contribution in [0.1, 0.15) is 12.5 Å². The van der Waals surface area contributed by atoms with E-state index in [1.54, 1.807) is 6.92 Å². The number of carbonyl (C=O) groups excluding carboxylic acids is 1. The maximum absolute atomic E-state index is 11.3. The second-order valence-electron chi connectivity index (χ2n) is 2.90. The first-order chi connectivity index (χ1) is 7.19. The van der Waals surface area contributed by atoms with Gasteiger partial charge >= 0.3 is 5.97 Å². The molecule has 0 amide bonds. The lowest BCUT2D eigenvalue weighted by atomic mass is 10.1. The third-order valence-corrected chi connectivity index (χ3v) is 2.81. The summed E-state index contributed by atoms with van der Waals surface area (Å²) < 4.78 is 5.66.